The highest BCUT2D eigenvalue weighted by atomic mass is 32.3. The minimum atomic E-state index is -1.04. The van der Waals surface area contributed by atoms with Crippen molar-refractivity contribution in [2.24, 2.45) is 0 Å². The maximum absolute atomic E-state index is 15.0. The minimum absolute atomic E-state index is 0.00264. The summed E-state index contributed by atoms with van der Waals surface area (Å²) >= 11 is 0. The maximum Gasteiger partial charge on any atom is 0.497 e. The van der Waals surface area contributed by atoms with Gasteiger partial charge in [0.1, 0.15) is 6.73 Å². The molecule has 0 saturated carbocycles. The van der Waals surface area contributed by atoms with Crippen LogP contribution < -0.4 is 10.8 Å². The van der Waals surface area contributed by atoms with Gasteiger partial charge < -0.3 is 24.8 Å². The molecule has 2 N–H and O–H groups in total. The molecule has 2 rings (SSSR count). The fourth-order valence-electron chi connectivity index (χ4n) is 2.90. The van der Waals surface area contributed by atoms with Gasteiger partial charge in [-0.05, 0) is 53.4 Å². The lowest BCUT2D eigenvalue weighted by Crippen LogP contribution is -2.41. The molecule has 31 heavy (non-hydrogen) atoms. The van der Waals surface area contributed by atoms with Gasteiger partial charge in [0.15, 0.2) is 11.6 Å². The van der Waals surface area contributed by atoms with E-state index in [0.29, 0.717) is 6.61 Å². The fourth-order valence-corrected chi connectivity index (χ4v) is 3.51. The molecule has 0 atom stereocenters. The van der Waals surface area contributed by atoms with Crippen LogP contribution in [0.5, 0.6) is 0 Å². The third-order valence-electron chi connectivity index (χ3n) is 5.59. The van der Waals surface area contributed by atoms with E-state index in [1.54, 1.807) is 0 Å². The predicted octanol–water partition coefficient (Wildman–Crippen LogP) is 3.90. The molecular weight excluding hydrogens is 421 g/mol. The minimum Gasteiger partial charge on any atom is -0.399 e. The summed E-state index contributed by atoms with van der Waals surface area (Å²) in [6.07, 6.45) is 8.12. The van der Waals surface area contributed by atoms with E-state index in [1.807, 2.05) is 27.7 Å². The van der Waals surface area contributed by atoms with Gasteiger partial charge in [-0.3, -0.25) is 0 Å². The van der Waals surface area contributed by atoms with Crippen LogP contribution in [0.3, 0.4) is 0 Å². The highest BCUT2D eigenvalue weighted by Gasteiger charge is 2.52. The average Bonchev–Trinajstić information content (AvgIpc) is 2.83. The Kier molecular flexibility index (Phi) is 8.01. The van der Waals surface area contributed by atoms with Crippen molar-refractivity contribution in [1.82, 2.24) is 5.32 Å². The van der Waals surface area contributed by atoms with Crippen LogP contribution in [0.1, 0.15) is 40.2 Å². The van der Waals surface area contributed by atoms with Crippen LogP contribution in [0.4, 0.5) is 8.78 Å². The standard InChI is InChI=1S/C22H35BF2N2O3S/c1-15(26)17(13-27-14-28-11-12-31(6,7)8)16-9-10-18(20(25)19(16)24)23-29-21(2,3)22(4,5)30-23/h9-10,13,26-27H,11-12,14H2,1-8H3/b17-13+,26-15?. The van der Waals surface area contributed by atoms with E-state index in [9.17, 15) is 8.78 Å². The van der Waals surface area contributed by atoms with Crippen molar-refractivity contribution in [2.75, 3.05) is 37.9 Å². The molecule has 174 valence electrons. The Balaban J connectivity index is 2.17. The van der Waals surface area contributed by atoms with Crippen molar-refractivity contribution in [3.63, 3.8) is 0 Å². The molecule has 0 radical (unpaired) electrons. The molecule has 1 aromatic rings. The van der Waals surface area contributed by atoms with Crippen molar-refractivity contribution in [1.29, 1.82) is 5.41 Å². The molecular formula is C22H35BF2N2O3S. The zero-order valence-electron chi connectivity index (χ0n) is 19.8. The fraction of sp³-hybridized carbons (Fsp3) is 0.591. The molecule has 1 saturated heterocycles. The Bertz CT molecular complexity index is 838. The van der Waals surface area contributed by atoms with E-state index < -0.39 is 40.0 Å². The van der Waals surface area contributed by atoms with Crippen LogP contribution in [-0.2, 0) is 14.0 Å². The first kappa shape index (κ1) is 25.8. The van der Waals surface area contributed by atoms with Crippen LogP contribution in [0.2, 0.25) is 0 Å². The van der Waals surface area contributed by atoms with Gasteiger partial charge in [0, 0.05) is 34.3 Å². The van der Waals surface area contributed by atoms with E-state index in [4.69, 9.17) is 19.5 Å². The molecule has 0 bridgehead atoms. The van der Waals surface area contributed by atoms with E-state index in [-0.39, 0.29) is 29.0 Å². The summed E-state index contributed by atoms with van der Waals surface area (Å²) in [4.78, 5) is 0. The normalized spacial score (nSPS) is 18.9. The summed E-state index contributed by atoms with van der Waals surface area (Å²) in [5, 5.41) is 10.9. The number of benzene rings is 1. The molecule has 5 nitrogen and oxygen atoms in total. The molecule has 1 fully saturated rings. The van der Waals surface area contributed by atoms with Crippen LogP contribution in [0.25, 0.3) is 5.57 Å². The summed E-state index contributed by atoms with van der Waals surface area (Å²) in [6.45, 7) is 9.78. The van der Waals surface area contributed by atoms with Gasteiger partial charge in [0.05, 0.1) is 17.8 Å². The molecule has 1 aromatic carbocycles. The van der Waals surface area contributed by atoms with Gasteiger partial charge in [-0.25, -0.2) is 18.8 Å². The molecule has 0 spiro atoms. The summed E-state index contributed by atoms with van der Waals surface area (Å²) in [6, 6.07) is 2.91. The number of hydrogen-bond acceptors (Lipinski definition) is 5. The molecule has 0 unspecified atom stereocenters. The van der Waals surface area contributed by atoms with E-state index in [2.05, 4.69) is 24.1 Å². The molecule has 9 heteroatoms. The van der Waals surface area contributed by atoms with Crippen LogP contribution >= 0.6 is 10.0 Å². The molecule has 1 aliphatic rings. The maximum atomic E-state index is 15.0. The summed E-state index contributed by atoms with van der Waals surface area (Å²) < 4.78 is 47.2. The number of halogens is 2. The number of rotatable bonds is 9. The predicted molar refractivity (Wildman–Crippen MR) is 128 cm³/mol. The number of ether oxygens (including phenoxy) is 1. The van der Waals surface area contributed by atoms with Gasteiger partial charge >= 0.3 is 7.12 Å². The smallest absolute Gasteiger partial charge is 0.399 e. The molecule has 0 amide bonds. The Morgan fingerprint density at radius 1 is 1.13 bits per heavy atom. The number of nitrogens with one attached hydrogen (secondary N) is 2. The topological polar surface area (TPSA) is 63.6 Å². The first-order chi connectivity index (χ1) is 14.2. The third kappa shape index (κ3) is 6.31. The van der Waals surface area contributed by atoms with Crippen molar-refractivity contribution < 1.29 is 22.8 Å². The number of hydrogen-bond donors (Lipinski definition) is 2. The van der Waals surface area contributed by atoms with Gasteiger partial charge in [0.2, 0.25) is 0 Å². The van der Waals surface area contributed by atoms with E-state index >= 15 is 0 Å². The van der Waals surface area contributed by atoms with E-state index in [0.717, 1.165) is 5.75 Å². The Labute approximate surface area is 186 Å². The highest BCUT2D eigenvalue weighted by Crippen LogP contribution is 2.37. The van der Waals surface area contributed by atoms with Crippen molar-refractivity contribution in [3.05, 3.63) is 35.5 Å². The second-order valence-electron chi connectivity index (χ2n) is 9.65. The summed E-state index contributed by atoms with van der Waals surface area (Å²) in [7, 11) is -1.64. The lowest BCUT2D eigenvalue weighted by atomic mass is 9.77. The Morgan fingerprint density at radius 2 is 1.71 bits per heavy atom. The zero-order valence-corrected chi connectivity index (χ0v) is 20.6. The van der Waals surface area contributed by atoms with Gasteiger partial charge in [-0.2, -0.15) is 0 Å². The Hall–Kier alpha value is -1.42. The van der Waals surface area contributed by atoms with Gasteiger partial charge in [-0.15, -0.1) is 0 Å². The van der Waals surface area contributed by atoms with Crippen LogP contribution in [0, 0.1) is 17.0 Å². The summed E-state index contributed by atoms with van der Waals surface area (Å²) in [5.74, 6) is -1.09. The monoisotopic (exact) mass is 456 g/mol. The molecule has 0 aromatic heterocycles. The third-order valence-corrected chi connectivity index (χ3v) is 6.98. The van der Waals surface area contributed by atoms with Crippen molar-refractivity contribution in [3.8, 4) is 0 Å². The summed E-state index contributed by atoms with van der Waals surface area (Å²) in [5.41, 5.74) is -0.960. The van der Waals surface area contributed by atoms with E-state index in [1.165, 1.54) is 25.3 Å². The lowest BCUT2D eigenvalue weighted by molar-refractivity contribution is 0.00578. The molecule has 1 aliphatic heterocycles. The quantitative estimate of drug-likeness (QED) is 0.256. The first-order valence-electron chi connectivity index (χ1n) is 10.2. The average molecular weight is 456 g/mol. The van der Waals surface area contributed by atoms with Gasteiger partial charge in [0.25, 0.3) is 0 Å². The molecule has 0 aliphatic carbocycles. The van der Waals surface area contributed by atoms with Crippen LogP contribution in [-0.4, -0.2) is 61.9 Å². The highest BCUT2D eigenvalue weighted by molar-refractivity contribution is 8.32. The largest absolute Gasteiger partial charge is 0.497 e. The second kappa shape index (κ2) is 9.61. The van der Waals surface area contributed by atoms with Gasteiger partial charge in [-0.1, -0.05) is 12.1 Å². The zero-order chi connectivity index (χ0) is 23.6. The van der Waals surface area contributed by atoms with Crippen molar-refractivity contribution in [2.45, 2.75) is 45.8 Å². The Morgan fingerprint density at radius 3 is 2.23 bits per heavy atom. The lowest BCUT2D eigenvalue weighted by Gasteiger charge is -2.32. The SMILES string of the molecule is CC(=N)/C(=C\NCOCCS(C)(C)C)c1ccc(B2OC(C)(C)C(C)(C)O2)c(F)c1F. The molecule has 1 heterocycles. The second-order valence-corrected chi connectivity index (χ2v) is 14.2. The first-order valence-corrected chi connectivity index (χ1v) is 13.3. The van der Waals surface area contributed by atoms with Crippen LogP contribution in [0.15, 0.2) is 18.3 Å². The van der Waals surface area contributed by atoms with Crippen molar-refractivity contribution >= 4 is 33.9 Å². The number of allylic oxidation sites excluding steroid dienone is 1.